The lowest BCUT2D eigenvalue weighted by Gasteiger charge is -2.06. The minimum atomic E-state index is -0.373. The Balaban J connectivity index is 0.000000921. The number of nitrogens with two attached hydrogens (primary N) is 1. The molecule has 0 aliphatic rings. The van der Waals surface area contributed by atoms with Crippen molar-refractivity contribution in [1.29, 1.82) is 0 Å². The van der Waals surface area contributed by atoms with Crippen molar-refractivity contribution in [3.63, 3.8) is 0 Å². The fourth-order valence-corrected chi connectivity index (χ4v) is 1.25. The quantitative estimate of drug-likeness (QED) is 0.773. The van der Waals surface area contributed by atoms with Gasteiger partial charge in [0.15, 0.2) is 0 Å². The van der Waals surface area contributed by atoms with Crippen LogP contribution >= 0.6 is 0 Å². The lowest BCUT2D eigenvalue weighted by Crippen LogP contribution is -2.24. The summed E-state index contributed by atoms with van der Waals surface area (Å²) in [6, 6.07) is 5.79. The molecule has 0 spiro atoms. The van der Waals surface area contributed by atoms with Crippen molar-refractivity contribution < 1.29 is 4.79 Å². The molecule has 1 atom stereocenters. The van der Waals surface area contributed by atoms with Gasteiger partial charge in [-0.15, -0.1) is 0 Å². The molecule has 0 fully saturated rings. The first kappa shape index (κ1) is 13.8. The van der Waals surface area contributed by atoms with Gasteiger partial charge in [0.2, 0.25) is 0 Å². The summed E-state index contributed by atoms with van der Waals surface area (Å²) < 4.78 is 0. The molecule has 84 valence electrons. The zero-order valence-corrected chi connectivity index (χ0v) is 10.1. The summed E-state index contributed by atoms with van der Waals surface area (Å²) in [6.45, 7) is 8.13. The number of carbonyl (C=O) groups is 1. The zero-order chi connectivity index (χ0) is 11.8. The Morgan fingerprint density at radius 1 is 1.27 bits per heavy atom. The number of aldehydes is 1. The van der Waals surface area contributed by atoms with E-state index in [0.29, 0.717) is 6.42 Å². The van der Waals surface area contributed by atoms with Crippen molar-refractivity contribution in [3.05, 3.63) is 34.9 Å². The Morgan fingerprint density at radius 2 is 1.87 bits per heavy atom. The first-order valence-electron chi connectivity index (χ1n) is 5.40. The second-order valence-corrected chi connectivity index (χ2v) is 3.42. The van der Waals surface area contributed by atoms with E-state index in [4.69, 9.17) is 5.73 Å². The van der Waals surface area contributed by atoms with Gasteiger partial charge in [0, 0.05) is 0 Å². The molecule has 1 rings (SSSR count). The molecule has 0 radical (unpaired) electrons. The van der Waals surface area contributed by atoms with Crippen LogP contribution in [0.4, 0.5) is 0 Å². The predicted molar refractivity (Wildman–Crippen MR) is 65.0 cm³/mol. The molecule has 2 nitrogen and oxygen atoms in total. The topological polar surface area (TPSA) is 43.1 Å². The van der Waals surface area contributed by atoms with Crippen molar-refractivity contribution >= 4 is 6.29 Å². The van der Waals surface area contributed by atoms with E-state index < -0.39 is 0 Å². The monoisotopic (exact) mass is 207 g/mol. The van der Waals surface area contributed by atoms with Crippen LogP contribution < -0.4 is 5.73 Å². The second kappa shape index (κ2) is 7.18. The Hall–Kier alpha value is -1.15. The highest BCUT2D eigenvalue weighted by atomic mass is 16.1. The standard InChI is InChI=1S/C11H15NO.C2H6/c1-8-3-4-10(5-9(8)2)6-11(12)7-13;1-2/h3-5,7,11H,6,12H2,1-2H3;1-2H3. The number of rotatable bonds is 3. The SMILES string of the molecule is CC.Cc1ccc(CC(N)C=O)cc1C. The smallest absolute Gasteiger partial charge is 0.137 e. The molecule has 0 aliphatic carbocycles. The molecule has 0 saturated carbocycles. The molecule has 1 aromatic carbocycles. The second-order valence-electron chi connectivity index (χ2n) is 3.42. The average molecular weight is 207 g/mol. The van der Waals surface area contributed by atoms with Crippen LogP contribution in [-0.4, -0.2) is 12.3 Å². The highest BCUT2D eigenvalue weighted by Gasteiger charge is 2.02. The predicted octanol–water partition coefficient (Wildman–Crippen LogP) is 2.40. The summed E-state index contributed by atoms with van der Waals surface area (Å²) in [5.74, 6) is 0. The van der Waals surface area contributed by atoms with Gasteiger partial charge in [0.1, 0.15) is 6.29 Å². The number of benzene rings is 1. The Kier molecular flexibility index (Phi) is 6.63. The largest absolute Gasteiger partial charge is 0.321 e. The number of aryl methyl sites for hydroxylation is 2. The molecule has 15 heavy (non-hydrogen) atoms. The van der Waals surface area contributed by atoms with Crippen LogP contribution in [0.25, 0.3) is 0 Å². The van der Waals surface area contributed by atoms with Crippen LogP contribution in [-0.2, 0) is 11.2 Å². The van der Waals surface area contributed by atoms with Gasteiger partial charge in [0.05, 0.1) is 6.04 Å². The van der Waals surface area contributed by atoms with E-state index in [9.17, 15) is 4.79 Å². The van der Waals surface area contributed by atoms with Crippen LogP contribution in [0.3, 0.4) is 0 Å². The molecule has 0 amide bonds. The number of hydrogen-bond donors (Lipinski definition) is 1. The molecular formula is C13H21NO. The van der Waals surface area contributed by atoms with Crippen molar-refractivity contribution in [3.8, 4) is 0 Å². The molecule has 2 heteroatoms. The lowest BCUT2D eigenvalue weighted by molar-refractivity contribution is -0.108. The first-order chi connectivity index (χ1) is 7.13. The van der Waals surface area contributed by atoms with E-state index in [1.165, 1.54) is 11.1 Å². The first-order valence-corrected chi connectivity index (χ1v) is 5.40. The Bertz CT molecular complexity index is 307. The molecule has 0 heterocycles. The minimum Gasteiger partial charge on any atom is -0.321 e. The molecule has 1 unspecified atom stereocenters. The van der Waals surface area contributed by atoms with Crippen LogP contribution in [0.1, 0.15) is 30.5 Å². The van der Waals surface area contributed by atoms with Gasteiger partial charge in [-0.3, -0.25) is 0 Å². The highest BCUT2D eigenvalue weighted by Crippen LogP contribution is 2.10. The summed E-state index contributed by atoms with van der Waals surface area (Å²) in [6.07, 6.45) is 1.42. The van der Waals surface area contributed by atoms with E-state index >= 15 is 0 Å². The molecule has 1 aromatic rings. The summed E-state index contributed by atoms with van der Waals surface area (Å²) in [5.41, 5.74) is 9.17. The van der Waals surface area contributed by atoms with Gasteiger partial charge in [-0.25, -0.2) is 0 Å². The lowest BCUT2D eigenvalue weighted by atomic mass is 10.0. The maximum absolute atomic E-state index is 10.3. The molecular weight excluding hydrogens is 186 g/mol. The Labute approximate surface area is 92.5 Å². The van der Waals surface area contributed by atoms with Gasteiger partial charge in [-0.2, -0.15) is 0 Å². The average Bonchev–Trinajstić information content (AvgIpc) is 2.26. The van der Waals surface area contributed by atoms with E-state index in [2.05, 4.69) is 26.0 Å². The maximum Gasteiger partial charge on any atom is 0.137 e. The molecule has 0 bridgehead atoms. The van der Waals surface area contributed by atoms with Crippen LogP contribution in [0.5, 0.6) is 0 Å². The normalized spacial score (nSPS) is 11.3. The fourth-order valence-electron chi connectivity index (χ4n) is 1.25. The highest BCUT2D eigenvalue weighted by molar-refractivity contribution is 5.57. The van der Waals surface area contributed by atoms with Gasteiger partial charge < -0.3 is 10.5 Å². The minimum absolute atomic E-state index is 0.373. The number of hydrogen-bond acceptors (Lipinski definition) is 2. The summed E-state index contributed by atoms with van der Waals surface area (Å²) in [4.78, 5) is 10.3. The van der Waals surface area contributed by atoms with E-state index in [-0.39, 0.29) is 6.04 Å². The van der Waals surface area contributed by atoms with E-state index in [1.54, 1.807) is 0 Å². The summed E-state index contributed by atoms with van der Waals surface area (Å²) in [5, 5.41) is 0. The van der Waals surface area contributed by atoms with Gasteiger partial charge in [-0.1, -0.05) is 32.0 Å². The zero-order valence-electron chi connectivity index (χ0n) is 10.1. The van der Waals surface area contributed by atoms with Crippen molar-refractivity contribution in [2.75, 3.05) is 0 Å². The van der Waals surface area contributed by atoms with Crippen LogP contribution in [0.15, 0.2) is 18.2 Å². The van der Waals surface area contributed by atoms with Crippen molar-refractivity contribution in [2.45, 2.75) is 40.2 Å². The third-order valence-corrected chi connectivity index (χ3v) is 2.22. The van der Waals surface area contributed by atoms with E-state index in [0.717, 1.165) is 11.8 Å². The van der Waals surface area contributed by atoms with E-state index in [1.807, 2.05) is 19.9 Å². The van der Waals surface area contributed by atoms with Gasteiger partial charge in [0.25, 0.3) is 0 Å². The molecule has 0 aliphatic heterocycles. The third-order valence-electron chi connectivity index (χ3n) is 2.22. The number of carbonyl (C=O) groups excluding carboxylic acids is 1. The summed E-state index contributed by atoms with van der Waals surface area (Å²) in [7, 11) is 0. The summed E-state index contributed by atoms with van der Waals surface area (Å²) >= 11 is 0. The third kappa shape index (κ3) is 4.75. The molecule has 0 saturated heterocycles. The van der Waals surface area contributed by atoms with Gasteiger partial charge in [-0.05, 0) is 37.0 Å². The van der Waals surface area contributed by atoms with Crippen LogP contribution in [0.2, 0.25) is 0 Å². The van der Waals surface area contributed by atoms with Crippen molar-refractivity contribution in [2.24, 2.45) is 5.73 Å². The van der Waals surface area contributed by atoms with Crippen molar-refractivity contribution in [1.82, 2.24) is 0 Å². The Morgan fingerprint density at radius 3 is 2.33 bits per heavy atom. The molecule has 0 aromatic heterocycles. The molecule has 2 N–H and O–H groups in total. The fraction of sp³-hybridized carbons (Fsp3) is 0.462. The van der Waals surface area contributed by atoms with Gasteiger partial charge >= 0.3 is 0 Å². The maximum atomic E-state index is 10.3. The van der Waals surface area contributed by atoms with Crippen LogP contribution in [0, 0.1) is 13.8 Å².